The van der Waals surface area contributed by atoms with Gasteiger partial charge in [0.2, 0.25) is 5.91 Å². The lowest BCUT2D eigenvalue weighted by atomic mass is 10.2. The summed E-state index contributed by atoms with van der Waals surface area (Å²) in [6.45, 7) is -0.223. The molecular weight excluding hydrogens is 218 g/mol. The van der Waals surface area contributed by atoms with Crippen LogP contribution in [-0.2, 0) is 4.79 Å². The first-order valence-corrected chi connectivity index (χ1v) is 4.50. The Labute approximate surface area is 91.4 Å². The first kappa shape index (κ1) is 11.3. The van der Waals surface area contributed by atoms with E-state index in [-0.39, 0.29) is 17.1 Å². The van der Waals surface area contributed by atoms with Gasteiger partial charge in [-0.3, -0.25) is 9.59 Å². The lowest BCUT2D eigenvalue weighted by molar-refractivity contribution is -0.117. The van der Waals surface area contributed by atoms with Gasteiger partial charge in [-0.05, 0) is 18.2 Å². The number of hydrogen-bond donors (Lipinski definition) is 3. The zero-order valence-electron chi connectivity index (χ0n) is 7.79. The molecule has 0 aliphatic rings. The molecule has 5 N–H and O–H groups in total. The van der Waals surface area contributed by atoms with E-state index < -0.39 is 11.8 Å². The lowest BCUT2D eigenvalue weighted by Crippen LogP contribution is -2.33. The molecule has 0 bridgehead atoms. The Balaban J connectivity index is 2.78. The van der Waals surface area contributed by atoms with Gasteiger partial charge in [-0.1, -0.05) is 11.6 Å². The van der Waals surface area contributed by atoms with E-state index >= 15 is 0 Å². The fraction of sp³-hybridized carbons (Fsp3) is 0.111. The predicted octanol–water partition coefficient (Wildman–Crippen LogP) is 0.137. The highest BCUT2D eigenvalue weighted by Crippen LogP contribution is 2.18. The maximum atomic E-state index is 11.4. The molecule has 0 fully saturated rings. The summed E-state index contributed by atoms with van der Waals surface area (Å²) in [5, 5.41) is 2.55. The van der Waals surface area contributed by atoms with Gasteiger partial charge in [0, 0.05) is 5.69 Å². The Hall–Kier alpha value is -1.75. The van der Waals surface area contributed by atoms with Crippen LogP contribution in [0, 0.1) is 0 Å². The summed E-state index contributed by atoms with van der Waals surface area (Å²) in [6, 6.07) is 4.49. The van der Waals surface area contributed by atoms with Crippen LogP contribution in [0.1, 0.15) is 10.4 Å². The van der Waals surface area contributed by atoms with E-state index in [1.54, 1.807) is 6.07 Å². The lowest BCUT2D eigenvalue weighted by Gasteiger charge is -2.05. The van der Waals surface area contributed by atoms with Crippen LogP contribution >= 0.6 is 11.6 Å². The summed E-state index contributed by atoms with van der Waals surface area (Å²) in [5.74, 6) is -1.08. The average Bonchev–Trinajstić information content (AvgIpc) is 2.14. The number of nitrogens with two attached hydrogens (primary N) is 2. The van der Waals surface area contributed by atoms with Crippen LogP contribution < -0.4 is 16.8 Å². The van der Waals surface area contributed by atoms with E-state index in [0.717, 1.165) is 0 Å². The van der Waals surface area contributed by atoms with Crippen LogP contribution in [0.2, 0.25) is 5.02 Å². The Morgan fingerprint density at radius 3 is 2.60 bits per heavy atom. The number of nitrogens with one attached hydrogen (secondary N) is 1. The number of hydrogen-bond acceptors (Lipinski definition) is 3. The molecule has 1 rings (SSSR count). The zero-order chi connectivity index (χ0) is 11.4. The van der Waals surface area contributed by atoms with E-state index in [2.05, 4.69) is 5.32 Å². The molecule has 0 aromatic heterocycles. The Bertz CT molecular complexity index is 406. The molecule has 2 amide bonds. The van der Waals surface area contributed by atoms with Crippen LogP contribution in [-0.4, -0.2) is 18.4 Å². The van der Waals surface area contributed by atoms with Gasteiger partial charge in [-0.2, -0.15) is 0 Å². The number of halogens is 1. The largest absolute Gasteiger partial charge is 0.399 e. The minimum Gasteiger partial charge on any atom is -0.399 e. The van der Waals surface area contributed by atoms with Gasteiger partial charge in [-0.15, -0.1) is 0 Å². The first-order chi connectivity index (χ1) is 7.00. The molecule has 15 heavy (non-hydrogen) atoms. The number of benzene rings is 1. The van der Waals surface area contributed by atoms with Gasteiger partial charge >= 0.3 is 0 Å². The second kappa shape index (κ2) is 4.65. The maximum absolute atomic E-state index is 11.4. The highest BCUT2D eigenvalue weighted by Gasteiger charge is 2.10. The van der Waals surface area contributed by atoms with Crippen molar-refractivity contribution in [3.63, 3.8) is 0 Å². The summed E-state index contributed by atoms with van der Waals surface area (Å²) >= 11 is 5.78. The third kappa shape index (κ3) is 3.14. The summed E-state index contributed by atoms with van der Waals surface area (Å²) in [4.78, 5) is 21.9. The molecule has 0 aliphatic carbocycles. The number of amides is 2. The Kier molecular flexibility index (Phi) is 3.51. The van der Waals surface area contributed by atoms with E-state index in [1.165, 1.54) is 12.1 Å². The van der Waals surface area contributed by atoms with Crippen LogP contribution in [0.15, 0.2) is 18.2 Å². The van der Waals surface area contributed by atoms with Crippen molar-refractivity contribution in [1.29, 1.82) is 0 Å². The molecule has 0 radical (unpaired) electrons. The molecule has 0 heterocycles. The minimum atomic E-state index is -0.616. The van der Waals surface area contributed by atoms with Crippen molar-refractivity contribution in [3.8, 4) is 0 Å². The molecule has 0 spiro atoms. The number of rotatable bonds is 3. The SMILES string of the molecule is NC(=O)CNC(=O)c1ccc(N)cc1Cl. The summed E-state index contributed by atoms with van der Waals surface area (Å²) in [6.07, 6.45) is 0. The molecule has 0 saturated carbocycles. The van der Waals surface area contributed by atoms with Crippen molar-refractivity contribution >= 4 is 29.1 Å². The number of nitrogen functional groups attached to an aromatic ring is 1. The van der Waals surface area contributed by atoms with Crippen LogP contribution in [0.3, 0.4) is 0 Å². The van der Waals surface area contributed by atoms with E-state index in [9.17, 15) is 9.59 Å². The molecule has 80 valence electrons. The van der Waals surface area contributed by atoms with Gasteiger partial charge in [-0.25, -0.2) is 0 Å². The molecule has 6 heteroatoms. The molecular formula is C9H10ClN3O2. The van der Waals surface area contributed by atoms with Crippen molar-refractivity contribution in [3.05, 3.63) is 28.8 Å². The van der Waals surface area contributed by atoms with Crippen molar-refractivity contribution in [2.24, 2.45) is 5.73 Å². The van der Waals surface area contributed by atoms with E-state index in [4.69, 9.17) is 23.1 Å². The highest BCUT2D eigenvalue weighted by atomic mass is 35.5. The number of anilines is 1. The van der Waals surface area contributed by atoms with E-state index in [0.29, 0.717) is 5.69 Å². The van der Waals surface area contributed by atoms with Gasteiger partial charge in [0.15, 0.2) is 0 Å². The molecule has 5 nitrogen and oxygen atoms in total. The number of carbonyl (C=O) groups is 2. The van der Waals surface area contributed by atoms with Crippen molar-refractivity contribution in [2.45, 2.75) is 0 Å². The molecule has 0 unspecified atom stereocenters. The fourth-order valence-electron chi connectivity index (χ4n) is 0.978. The Morgan fingerprint density at radius 1 is 1.40 bits per heavy atom. The van der Waals surface area contributed by atoms with Crippen molar-refractivity contribution < 1.29 is 9.59 Å². The normalized spacial score (nSPS) is 9.67. The van der Waals surface area contributed by atoms with E-state index in [1.807, 2.05) is 0 Å². The smallest absolute Gasteiger partial charge is 0.253 e. The average molecular weight is 228 g/mol. The second-order valence-corrected chi connectivity index (χ2v) is 3.30. The van der Waals surface area contributed by atoms with Crippen LogP contribution in [0.5, 0.6) is 0 Å². The van der Waals surface area contributed by atoms with Crippen molar-refractivity contribution in [2.75, 3.05) is 12.3 Å². The number of primary amides is 1. The standard InChI is InChI=1S/C9H10ClN3O2/c10-7-3-5(11)1-2-6(7)9(15)13-4-8(12)14/h1-3H,4,11H2,(H2,12,14)(H,13,15). The maximum Gasteiger partial charge on any atom is 0.253 e. The van der Waals surface area contributed by atoms with Crippen molar-refractivity contribution in [1.82, 2.24) is 5.32 Å². The van der Waals surface area contributed by atoms with Gasteiger partial charge in [0.25, 0.3) is 5.91 Å². The molecule has 1 aromatic carbocycles. The van der Waals surface area contributed by atoms with Gasteiger partial charge < -0.3 is 16.8 Å². The third-order valence-electron chi connectivity index (χ3n) is 1.66. The third-order valence-corrected chi connectivity index (χ3v) is 1.97. The second-order valence-electron chi connectivity index (χ2n) is 2.89. The first-order valence-electron chi connectivity index (χ1n) is 4.12. The zero-order valence-corrected chi connectivity index (χ0v) is 8.54. The van der Waals surface area contributed by atoms with Gasteiger partial charge in [0.1, 0.15) is 0 Å². The summed E-state index contributed by atoms with van der Waals surface area (Å²) in [5.41, 5.74) is 11.1. The molecule has 0 saturated heterocycles. The summed E-state index contributed by atoms with van der Waals surface area (Å²) in [7, 11) is 0. The highest BCUT2D eigenvalue weighted by molar-refractivity contribution is 6.34. The topological polar surface area (TPSA) is 98.2 Å². The Morgan fingerprint density at radius 2 is 2.07 bits per heavy atom. The number of carbonyl (C=O) groups excluding carboxylic acids is 2. The van der Waals surface area contributed by atoms with Crippen LogP contribution in [0.4, 0.5) is 5.69 Å². The molecule has 0 aliphatic heterocycles. The molecule has 1 aromatic rings. The summed E-state index contributed by atoms with van der Waals surface area (Å²) < 4.78 is 0. The fourth-order valence-corrected chi connectivity index (χ4v) is 1.25. The monoisotopic (exact) mass is 227 g/mol. The molecule has 0 atom stereocenters. The quantitative estimate of drug-likeness (QED) is 0.641. The van der Waals surface area contributed by atoms with Gasteiger partial charge in [0.05, 0.1) is 17.1 Å². The predicted molar refractivity (Wildman–Crippen MR) is 57.4 cm³/mol. The van der Waals surface area contributed by atoms with Crippen LogP contribution in [0.25, 0.3) is 0 Å². The minimum absolute atomic E-state index is 0.223.